The number of carbonyl (C=O) groups is 1. The summed E-state index contributed by atoms with van der Waals surface area (Å²) < 4.78 is 33.5. The first-order valence-electron chi connectivity index (χ1n) is 23.3. The summed E-state index contributed by atoms with van der Waals surface area (Å²) in [5.74, 6) is -0.349. The van der Waals surface area contributed by atoms with Crippen molar-refractivity contribution in [1.82, 2.24) is 0 Å². The average molecular weight is 822 g/mol. The minimum atomic E-state index is -4.29. The molecule has 2 atom stereocenters. The SMILES string of the molecule is CCCCCC/C=C\C/C=C\CCCCCCCC(=O)OC(COCCCCCCCCC/C=C\C/C=C\C/C=C\CCCCCCC)COP(=O)(O)OCCN. The molecule has 0 saturated heterocycles. The highest BCUT2D eigenvalue weighted by Crippen LogP contribution is 2.43. The number of ether oxygens (including phenoxy) is 2. The van der Waals surface area contributed by atoms with E-state index in [4.69, 9.17) is 24.3 Å². The van der Waals surface area contributed by atoms with Gasteiger partial charge in [-0.15, -0.1) is 0 Å². The van der Waals surface area contributed by atoms with E-state index in [1.165, 1.54) is 103 Å². The Hall–Kier alpha value is -1.80. The second-order valence-electron chi connectivity index (χ2n) is 15.3. The van der Waals surface area contributed by atoms with Gasteiger partial charge in [-0.25, -0.2) is 4.57 Å². The summed E-state index contributed by atoms with van der Waals surface area (Å²) in [6.45, 7) is 4.85. The molecule has 0 aromatic carbocycles. The van der Waals surface area contributed by atoms with E-state index in [2.05, 4.69) is 74.6 Å². The molecule has 2 unspecified atom stereocenters. The quantitative estimate of drug-likeness (QED) is 0.0270. The highest BCUT2D eigenvalue weighted by Gasteiger charge is 2.25. The first-order chi connectivity index (χ1) is 27.9. The summed E-state index contributed by atoms with van der Waals surface area (Å²) in [4.78, 5) is 22.5. The summed E-state index contributed by atoms with van der Waals surface area (Å²) in [7, 11) is -4.29. The van der Waals surface area contributed by atoms with Gasteiger partial charge in [0.2, 0.25) is 0 Å². The highest BCUT2D eigenvalue weighted by atomic mass is 31.2. The molecule has 9 heteroatoms. The fourth-order valence-electron chi connectivity index (χ4n) is 6.21. The minimum Gasteiger partial charge on any atom is -0.457 e. The van der Waals surface area contributed by atoms with Crippen LogP contribution in [-0.4, -0.2) is 49.9 Å². The fourth-order valence-corrected chi connectivity index (χ4v) is 6.97. The van der Waals surface area contributed by atoms with E-state index < -0.39 is 13.9 Å². The van der Waals surface area contributed by atoms with Gasteiger partial charge >= 0.3 is 13.8 Å². The lowest BCUT2D eigenvalue weighted by molar-refractivity contribution is -0.154. The number of hydrogen-bond donors (Lipinski definition) is 2. The van der Waals surface area contributed by atoms with Crippen molar-refractivity contribution in [3.8, 4) is 0 Å². The van der Waals surface area contributed by atoms with Crippen LogP contribution in [0.2, 0.25) is 0 Å². The molecule has 0 aliphatic heterocycles. The van der Waals surface area contributed by atoms with Crippen molar-refractivity contribution < 1.29 is 32.8 Å². The predicted octanol–water partition coefficient (Wildman–Crippen LogP) is 14.1. The Morgan fingerprint density at radius 2 is 0.930 bits per heavy atom. The third-order valence-corrected chi connectivity index (χ3v) is 10.6. The van der Waals surface area contributed by atoms with Gasteiger partial charge < -0.3 is 20.1 Å². The van der Waals surface area contributed by atoms with Gasteiger partial charge in [0.05, 0.1) is 19.8 Å². The molecule has 0 aliphatic rings. The number of esters is 1. The van der Waals surface area contributed by atoms with Crippen LogP contribution < -0.4 is 5.73 Å². The molecule has 0 bridgehead atoms. The maximum atomic E-state index is 12.6. The lowest BCUT2D eigenvalue weighted by atomic mass is 10.1. The summed E-state index contributed by atoms with van der Waals surface area (Å²) in [5, 5.41) is 0. The van der Waals surface area contributed by atoms with Crippen molar-refractivity contribution in [1.29, 1.82) is 0 Å². The largest absolute Gasteiger partial charge is 0.472 e. The molecular weight excluding hydrogens is 734 g/mol. The average Bonchev–Trinajstić information content (AvgIpc) is 3.20. The Bertz CT molecular complexity index is 1060. The second-order valence-corrected chi connectivity index (χ2v) is 16.7. The van der Waals surface area contributed by atoms with Gasteiger partial charge in [-0.1, -0.05) is 171 Å². The van der Waals surface area contributed by atoms with Gasteiger partial charge in [0.25, 0.3) is 0 Å². The molecule has 0 heterocycles. The topological polar surface area (TPSA) is 117 Å². The second kappa shape index (κ2) is 45.3. The number of unbranched alkanes of at least 4 members (excludes halogenated alkanes) is 21. The van der Waals surface area contributed by atoms with Gasteiger partial charge in [0.15, 0.2) is 0 Å². The van der Waals surface area contributed by atoms with E-state index in [-0.39, 0.29) is 32.3 Å². The van der Waals surface area contributed by atoms with Gasteiger partial charge in [-0.3, -0.25) is 13.8 Å². The Kier molecular flexibility index (Phi) is 43.9. The van der Waals surface area contributed by atoms with Gasteiger partial charge in [0.1, 0.15) is 6.10 Å². The van der Waals surface area contributed by atoms with Gasteiger partial charge in [0, 0.05) is 19.6 Å². The summed E-state index contributed by atoms with van der Waals surface area (Å²) in [6, 6.07) is 0. The Labute approximate surface area is 351 Å². The maximum Gasteiger partial charge on any atom is 0.472 e. The molecule has 0 spiro atoms. The minimum absolute atomic E-state index is 0.0936. The van der Waals surface area contributed by atoms with Crippen LogP contribution in [0.3, 0.4) is 0 Å². The number of phosphoric ester groups is 1. The lowest BCUT2D eigenvalue weighted by Crippen LogP contribution is -2.28. The number of hydrogen-bond acceptors (Lipinski definition) is 7. The van der Waals surface area contributed by atoms with Crippen molar-refractivity contribution in [3.05, 3.63) is 60.8 Å². The Morgan fingerprint density at radius 1 is 0.526 bits per heavy atom. The maximum absolute atomic E-state index is 12.6. The van der Waals surface area contributed by atoms with Crippen LogP contribution in [0.15, 0.2) is 60.8 Å². The number of nitrogens with two attached hydrogens (primary N) is 1. The van der Waals surface area contributed by atoms with E-state index in [0.29, 0.717) is 13.0 Å². The molecule has 0 fully saturated rings. The van der Waals surface area contributed by atoms with E-state index in [1.807, 2.05) is 0 Å². The zero-order chi connectivity index (χ0) is 41.6. The predicted molar refractivity (Wildman–Crippen MR) is 242 cm³/mol. The van der Waals surface area contributed by atoms with Gasteiger partial charge in [-0.05, 0) is 83.5 Å². The molecule has 0 saturated carbocycles. The smallest absolute Gasteiger partial charge is 0.457 e. The lowest BCUT2D eigenvalue weighted by Gasteiger charge is -2.20. The van der Waals surface area contributed by atoms with Crippen molar-refractivity contribution in [3.63, 3.8) is 0 Å². The van der Waals surface area contributed by atoms with Crippen LogP contribution in [0.25, 0.3) is 0 Å². The van der Waals surface area contributed by atoms with Gasteiger partial charge in [-0.2, -0.15) is 0 Å². The normalized spacial score (nSPS) is 14.0. The van der Waals surface area contributed by atoms with Crippen LogP contribution in [0, 0.1) is 0 Å². The van der Waals surface area contributed by atoms with Crippen LogP contribution in [0.4, 0.5) is 0 Å². The number of phosphoric acid groups is 1. The summed E-state index contributed by atoms with van der Waals surface area (Å²) >= 11 is 0. The monoisotopic (exact) mass is 822 g/mol. The summed E-state index contributed by atoms with van der Waals surface area (Å²) in [5.41, 5.74) is 5.37. The third-order valence-electron chi connectivity index (χ3n) is 9.66. The van der Waals surface area contributed by atoms with Crippen molar-refractivity contribution >= 4 is 13.8 Å². The molecule has 332 valence electrons. The standard InChI is InChI=1S/C48H88NO7P/c1-3-5-7-9-11-13-15-17-19-21-22-23-24-25-26-28-30-32-34-36-38-40-43-53-45-47(46-55-57(51,52)54-44-42-49)56-48(50)41-39-37-35-33-31-29-27-20-18-16-14-12-10-8-6-4-2/h14-17,20-22,24-25,27,47H,3-13,18-19,23,26,28-46,49H2,1-2H3,(H,51,52)/b16-14-,17-15-,22-21-,25-24-,27-20-. The molecule has 3 N–H and O–H groups in total. The molecule has 0 rings (SSSR count). The van der Waals surface area contributed by atoms with E-state index in [1.54, 1.807) is 0 Å². The summed E-state index contributed by atoms with van der Waals surface area (Å²) in [6.07, 6.45) is 55.2. The van der Waals surface area contributed by atoms with Crippen LogP contribution in [0.1, 0.15) is 200 Å². The Balaban J connectivity index is 4.04. The fraction of sp³-hybridized carbons (Fsp3) is 0.771. The van der Waals surface area contributed by atoms with Crippen LogP contribution >= 0.6 is 7.82 Å². The van der Waals surface area contributed by atoms with E-state index in [9.17, 15) is 14.3 Å². The number of allylic oxidation sites excluding steroid dienone is 10. The Morgan fingerprint density at radius 3 is 1.40 bits per heavy atom. The molecule has 57 heavy (non-hydrogen) atoms. The van der Waals surface area contributed by atoms with Crippen molar-refractivity contribution in [2.45, 2.75) is 206 Å². The van der Waals surface area contributed by atoms with Crippen LogP contribution in [-0.2, 0) is 27.9 Å². The first-order valence-corrected chi connectivity index (χ1v) is 24.8. The van der Waals surface area contributed by atoms with Crippen molar-refractivity contribution in [2.75, 3.05) is 33.0 Å². The molecule has 8 nitrogen and oxygen atoms in total. The highest BCUT2D eigenvalue weighted by molar-refractivity contribution is 7.47. The molecular formula is C48H88NO7P. The molecule has 0 radical (unpaired) electrons. The van der Waals surface area contributed by atoms with E-state index in [0.717, 1.165) is 77.0 Å². The molecule has 0 aromatic rings. The zero-order valence-corrected chi connectivity index (χ0v) is 37.7. The zero-order valence-electron chi connectivity index (χ0n) is 36.8. The van der Waals surface area contributed by atoms with Crippen molar-refractivity contribution in [2.24, 2.45) is 5.73 Å². The molecule has 0 aliphatic carbocycles. The molecule has 0 amide bonds. The van der Waals surface area contributed by atoms with Crippen LogP contribution in [0.5, 0.6) is 0 Å². The first kappa shape index (κ1) is 55.2. The number of carbonyl (C=O) groups excluding carboxylic acids is 1. The third kappa shape index (κ3) is 45.1. The molecule has 0 aromatic heterocycles. The van der Waals surface area contributed by atoms with E-state index >= 15 is 0 Å². The number of rotatable bonds is 44.